The predicted octanol–water partition coefficient (Wildman–Crippen LogP) is 5.37. The Morgan fingerprint density at radius 3 is 2.06 bits per heavy atom. The maximum absolute atomic E-state index is 14.5. The van der Waals surface area contributed by atoms with Crippen molar-refractivity contribution < 1.29 is 14.3 Å². The Balaban J connectivity index is 1.63. The summed E-state index contributed by atoms with van der Waals surface area (Å²) in [6.45, 7) is 7.02. The van der Waals surface area contributed by atoms with Crippen molar-refractivity contribution in [2.24, 2.45) is 0 Å². The Labute approximate surface area is 207 Å². The molecule has 5 nitrogen and oxygen atoms in total. The second-order valence-corrected chi connectivity index (χ2v) is 10.5. The van der Waals surface area contributed by atoms with Gasteiger partial charge in [0, 0.05) is 25.6 Å². The van der Waals surface area contributed by atoms with E-state index in [4.69, 9.17) is 4.74 Å². The van der Waals surface area contributed by atoms with Gasteiger partial charge in [-0.3, -0.25) is 4.79 Å². The number of nitrogens with zero attached hydrogens (tertiary/aromatic N) is 2. The van der Waals surface area contributed by atoms with E-state index in [2.05, 4.69) is 12.1 Å². The summed E-state index contributed by atoms with van der Waals surface area (Å²) in [7, 11) is 0. The van der Waals surface area contributed by atoms with Crippen LogP contribution < -0.4 is 0 Å². The quantitative estimate of drug-likeness (QED) is 0.517. The molecule has 2 fully saturated rings. The van der Waals surface area contributed by atoms with Crippen LogP contribution in [0.25, 0.3) is 0 Å². The third-order valence-corrected chi connectivity index (χ3v) is 7.01. The number of amides is 2. The number of fused-ring (bicyclic) bond motifs is 1. The van der Waals surface area contributed by atoms with Crippen LogP contribution in [-0.4, -0.2) is 46.5 Å². The van der Waals surface area contributed by atoms with Gasteiger partial charge in [-0.2, -0.15) is 0 Å². The first-order chi connectivity index (χ1) is 16.8. The number of carbonyl (C=O) groups excluding carboxylic acids is 2. The van der Waals surface area contributed by atoms with E-state index in [1.54, 1.807) is 4.90 Å². The van der Waals surface area contributed by atoms with Crippen molar-refractivity contribution in [3.63, 3.8) is 0 Å². The minimum atomic E-state index is -0.856. The zero-order chi connectivity index (χ0) is 24.6. The molecule has 0 unspecified atom stereocenters. The molecule has 5 rings (SSSR count). The Morgan fingerprint density at radius 1 is 0.886 bits per heavy atom. The molecule has 0 bridgehead atoms. The van der Waals surface area contributed by atoms with Crippen molar-refractivity contribution in [1.29, 1.82) is 0 Å². The van der Waals surface area contributed by atoms with E-state index in [0.29, 0.717) is 19.6 Å². The summed E-state index contributed by atoms with van der Waals surface area (Å²) in [6, 6.07) is 29.8. The highest BCUT2D eigenvalue weighted by molar-refractivity contribution is 5.97. The van der Waals surface area contributed by atoms with E-state index in [0.717, 1.165) is 16.7 Å². The first kappa shape index (κ1) is 23.2. The first-order valence-corrected chi connectivity index (χ1v) is 12.3. The molecule has 0 radical (unpaired) electrons. The van der Waals surface area contributed by atoms with E-state index in [9.17, 15) is 9.59 Å². The highest BCUT2D eigenvalue weighted by Crippen LogP contribution is 2.64. The summed E-state index contributed by atoms with van der Waals surface area (Å²) in [5.74, 6) is -0.0813. The maximum atomic E-state index is 14.5. The summed E-state index contributed by atoms with van der Waals surface area (Å²) < 4.78 is 5.84. The molecule has 1 aliphatic heterocycles. The predicted molar refractivity (Wildman–Crippen MR) is 136 cm³/mol. The van der Waals surface area contributed by atoms with Crippen LogP contribution in [0.3, 0.4) is 0 Å². The molecule has 1 saturated carbocycles. The molecule has 0 aromatic heterocycles. The highest BCUT2D eigenvalue weighted by atomic mass is 16.6. The SMILES string of the molecule is CC(C)(C)OC(=O)N1CCN(Cc2ccccc2)C(=O)[C@@]2(c3ccccc3)[C@@H]1[C@@H]2c1ccccc1. The second kappa shape index (κ2) is 8.88. The van der Waals surface area contributed by atoms with Crippen LogP contribution in [-0.2, 0) is 21.5 Å². The van der Waals surface area contributed by atoms with Crippen LogP contribution in [0.1, 0.15) is 43.4 Å². The van der Waals surface area contributed by atoms with Gasteiger partial charge in [0.1, 0.15) is 11.0 Å². The fourth-order valence-corrected chi connectivity index (χ4v) is 5.56. The zero-order valence-corrected chi connectivity index (χ0v) is 20.6. The van der Waals surface area contributed by atoms with Crippen molar-refractivity contribution >= 4 is 12.0 Å². The smallest absolute Gasteiger partial charge is 0.410 e. The molecule has 2 aliphatic rings. The number of benzene rings is 3. The van der Waals surface area contributed by atoms with Crippen LogP contribution in [0, 0.1) is 0 Å². The molecule has 5 heteroatoms. The maximum Gasteiger partial charge on any atom is 0.410 e. The van der Waals surface area contributed by atoms with Crippen LogP contribution in [0.2, 0.25) is 0 Å². The number of rotatable bonds is 4. The van der Waals surface area contributed by atoms with Crippen LogP contribution in [0.4, 0.5) is 4.79 Å². The van der Waals surface area contributed by atoms with Crippen molar-refractivity contribution in [3.05, 3.63) is 108 Å². The van der Waals surface area contributed by atoms with Crippen molar-refractivity contribution in [1.82, 2.24) is 9.80 Å². The lowest BCUT2D eigenvalue weighted by molar-refractivity contribution is -0.134. The Kier molecular flexibility index (Phi) is 5.87. The van der Waals surface area contributed by atoms with Crippen molar-refractivity contribution in [2.45, 2.75) is 50.3 Å². The average Bonchev–Trinajstić information content (AvgIpc) is 3.55. The molecular weight excluding hydrogens is 436 g/mol. The van der Waals surface area contributed by atoms with E-state index >= 15 is 0 Å². The van der Waals surface area contributed by atoms with Crippen molar-refractivity contribution in [3.8, 4) is 0 Å². The third kappa shape index (κ3) is 4.20. The minimum absolute atomic E-state index is 0.0671. The molecule has 3 aromatic carbocycles. The molecule has 3 aromatic rings. The molecule has 2 amide bonds. The minimum Gasteiger partial charge on any atom is -0.444 e. The molecule has 1 heterocycles. The van der Waals surface area contributed by atoms with Gasteiger partial charge in [0.15, 0.2) is 0 Å². The van der Waals surface area contributed by atoms with Gasteiger partial charge in [-0.05, 0) is 37.5 Å². The van der Waals surface area contributed by atoms with Crippen LogP contribution in [0.5, 0.6) is 0 Å². The molecule has 180 valence electrons. The standard InChI is InChI=1S/C30H32N2O3/c1-29(2,3)35-28(34)32-20-19-31(21-22-13-7-4-8-14-22)27(33)30(24-17-11-6-12-18-24)25(26(30)32)23-15-9-5-10-16-23/h4-18,25-26H,19-21H2,1-3H3/t25-,26-,30+/m0/s1. The highest BCUT2D eigenvalue weighted by Gasteiger charge is 2.75. The molecule has 1 aliphatic carbocycles. The topological polar surface area (TPSA) is 49.9 Å². The van der Waals surface area contributed by atoms with Gasteiger partial charge in [-0.1, -0.05) is 91.0 Å². The molecule has 0 N–H and O–H groups in total. The van der Waals surface area contributed by atoms with Crippen molar-refractivity contribution in [2.75, 3.05) is 13.1 Å². The first-order valence-electron chi connectivity index (χ1n) is 12.3. The Morgan fingerprint density at radius 2 is 1.46 bits per heavy atom. The number of carbonyl (C=O) groups is 2. The average molecular weight is 469 g/mol. The van der Waals surface area contributed by atoms with Gasteiger partial charge in [-0.25, -0.2) is 4.79 Å². The fourth-order valence-electron chi connectivity index (χ4n) is 5.56. The monoisotopic (exact) mass is 468 g/mol. The van der Waals surface area contributed by atoms with Gasteiger partial charge < -0.3 is 14.5 Å². The van der Waals surface area contributed by atoms with Crippen LogP contribution in [0.15, 0.2) is 91.0 Å². The van der Waals surface area contributed by atoms with Gasteiger partial charge in [0.2, 0.25) is 5.91 Å². The fraction of sp³-hybridized carbons (Fsp3) is 0.333. The number of hydrogen-bond donors (Lipinski definition) is 0. The lowest BCUT2D eigenvalue weighted by Gasteiger charge is -2.28. The van der Waals surface area contributed by atoms with Gasteiger partial charge in [0.05, 0.1) is 6.04 Å². The molecule has 1 saturated heterocycles. The van der Waals surface area contributed by atoms with Gasteiger partial charge in [0.25, 0.3) is 0 Å². The van der Waals surface area contributed by atoms with E-state index in [-0.39, 0.29) is 24.0 Å². The number of ether oxygens (including phenoxy) is 1. The largest absolute Gasteiger partial charge is 0.444 e. The Bertz CT molecular complexity index is 1190. The molecular formula is C30H32N2O3. The van der Waals surface area contributed by atoms with E-state index in [1.165, 1.54) is 0 Å². The lowest BCUT2D eigenvalue weighted by atomic mass is 9.88. The van der Waals surface area contributed by atoms with Gasteiger partial charge in [-0.15, -0.1) is 0 Å². The Hall–Kier alpha value is -3.60. The summed E-state index contributed by atoms with van der Waals surface area (Å²) in [5.41, 5.74) is 1.60. The molecule has 0 spiro atoms. The summed E-state index contributed by atoms with van der Waals surface area (Å²) >= 11 is 0. The van der Waals surface area contributed by atoms with E-state index in [1.807, 2.05) is 105 Å². The lowest BCUT2D eigenvalue weighted by Crippen LogP contribution is -2.41. The van der Waals surface area contributed by atoms with Gasteiger partial charge >= 0.3 is 6.09 Å². The van der Waals surface area contributed by atoms with E-state index < -0.39 is 11.0 Å². The normalized spacial score (nSPS) is 23.9. The summed E-state index contributed by atoms with van der Waals surface area (Å²) in [5, 5.41) is 0. The van der Waals surface area contributed by atoms with Crippen LogP contribution >= 0.6 is 0 Å². The summed E-state index contributed by atoms with van der Waals surface area (Å²) in [4.78, 5) is 31.7. The second-order valence-electron chi connectivity index (χ2n) is 10.5. The third-order valence-electron chi connectivity index (χ3n) is 7.01. The zero-order valence-electron chi connectivity index (χ0n) is 20.6. The summed E-state index contributed by atoms with van der Waals surface area (Å²) in [6.07, 6.45) is -0.365. The number of hydrogen-bond acceptors (Lipinski definition) is 3. The molecule has 3 atom stereocenters. The molecule has 35 heavy (non-hydrogen) atoms.